The van der Waals surface area contributed by atoms with Crippen molar-refractivity contribution < 1.29 is 4.42 Å². The highest BCUT2D eigenvalue weighted by molar-refractivity contribution is 7.99. The Hall–Kier alpha value is -1.00. The van der Waals surface area contributed by atoms with E-state index in [1.165, 1.54) is 19.3 Å². The third-order valence-corrected chi connectivity index (χ3v) is 4.09. The Balaban J connectivity index is 1.64. The smallest absolute Gasteiger partial charge is 0.256 e. The fourth-order valence-corrected chi connectivity index (χ4v) is 3.09. The summed E-state index contributed by atoms with van der Waals surface area (Å²) in [5.41, 5.74) is 1.83. The first-order chi connectivity index (χ1) is 8.42. The molecular formula is C13H16N2OS. The molecule has 3 nitrogen and oxygen atoms in total. The van der Waals surface area contributed by atoms with Crippen molar-refractivity contribution in [2.75, 3.05) is 12.3 Å². The Morgan fingerprint density at radius 1 is 1.35 bits per heavy atom. The zero-order valence-corrected chi connectivity index (χ0v) is 10.5. The molecule has 2 aromatic rings. The monoisotopic (exact) mass is 248 g/mol. The van der Waals surface area contributed by atoms with Gasteiger partial charge < -0.3 is 9.73 Å². The summed E-state index contributed by atoms with van der Waals surface area (Å²) in [5, 5.41) is 4.32. The molecule has 1 aliphatic heterocycles. The Kier molecular flexibility index (Phi) is 3.34. The molecule has 0 radical (unpaired) electrons. The van der Waals surface area contributed by atoms with E-state index in [4.69, 9.17) is 4.42 Å². The highest BCUT2D eigenvalue weighted by Gasteiger charge is 2.14. The number of nitrogens with zero attached hydrogens (tertiary/aromatic N) is 1. The number of piperidine rings is 1. The number of nitrogens with one attached hydrogen (secondary N) is 1. The van der Waals surface area contributed by atoms with E-state index >= 15 is 0 Å². The first-order valence-corrected chi connectivity index (χ1v) is 7.12. The molecule has 0 aliphatic carbocycles. The second kappa shape index (κ2) is 5.10. The van der Waals surface area contributed by atoms with Gasteiger partial charge in [-0.25, -0.2) is 4.98 Å². The highest BCUT2D eigenvalue weighted by Crippen LogP contribution is 2.24. The summed E-state index contributed by atoms with van der Waals surface area (Å²) in [6.45, 7) is 1.15. The molecule has 90 valence electrons. The molecule has 1 N–H and O–H groups in total. The Morgan fingerprint density at radius 3 is 3.12 bits per heavy atom. The van der Waals surface area contributed by atoms with Crippen molar-refractivity contribution in [2.24, 2.45) is 0 Å². The van der Waals surface area contributed by atoms with Gasteiger partial charge in [0.1, 0.15) is 5.52 Å². The number of oxazole rings is 1. The van der Waals surface area contributed by atoms with Crippen LogP contribution in [0.2, 0.25) is 0 Å². The van der Waals surface area contributed by atoms with Crippen LogP contribution in [0.3, 0.4) is 0 Å². The van der Waals surface area contributed by atoms with Crippen molar-refractivity contribution in [3.05, 3.63) is 24.3 Å². The van der Waals surface area contributed by atoms with Crippen molar-refractivity contribution in [3.8, 4) is 0 Å². The quantitative estimate of drug-likeness (QED) is 0.847. The fourth-order valence-electron chi connectivity index (χ4n) is 2.15. The molecule has 1 unspecified atom stereocenters. The first-order valence-electron chi connectivity index (χ1n) is 6.13. The molecule has 1 aliphatic rings. The molecule has 0 spiro atoms. The van der Waals surface area contributed by atoms with Crippen LogP contribution in [0.5, 0.6) is 0 Å². The second-order valence-electron chi connectivity index (χ2n) is 4.41. The zero-order chi connectivity index (χ0) is 11.5. The minimum atomic E-state index is 0.615. The second-order valence-corrected chi connectivity index (χ2v) is 5.38. The maximum atomic E-state index is 5.68. The standard InChI is InChI=1S/C13H16N2OS/c1-2-7-12-11(6-1)15-13(16-12)17-9-10-5-3-4-8-14-10/h1-2,6-7,10,14H,3-5,8-9H2. The fraction of sp³-hybridized carbons (Fsp3) is 0.462. The van der Waals surface area contributed by atoms with Crippen LogP contribution in [0.1, 0.15) is 19.3 Å². The summed E-state index contributed by atoms with van der Waals surface area (Å²) in [6.07, 6.45) is 3.92. The van der Waals surface area contributed by atoms with Gasteiger partial charge in [-0.1, -0.05) is 30.3 Å². The van der Waals surface area contributed by atoms with Gasteiger partial charge in [0.05, 0.1) is 0 Å². The minimum Gasteiger partial charge on any atom is -0.431 e. The summed E-state index contributed by atoms with van der Waals surface area (Å²) >= 11 is 1.71. The molecule has 2 heterocycles. The molecule has 1 saturated heterocycles. The van der Waals surface area contributed by atoms with Gasteiger partial charge in [0.15, 0.2) is 5.58 Å². The topological polar surface area (TPSA) is 38.1 Å². The number of thioether (sulfide) groups is 1. The Labute approximate surface area is 105 Å². The van der Waals surface area contributed by atoms with E-state index in [1.807, 2.05) is 24.3 Å². The number of aromatic nitrogens is 1. The number of para-hydroxylation sites is 2. The van der Waals surface area contributed by atoms with Crippen LogP contribution in [0, 0.1) is 0 Å². The van der Waals surface area contributed by atoms with E-state index in [2.05, 4.69) is 10.3 Å². The van der Waals surface area contributed by atoms with Gasteiger partial charge >= 0.3 is 0 Å². The number of hydrogen-bond donors (Lipinski definition) is 1. The lowest BCUT2D eigenvalue weighted by Gasteiger charge is -2.22. The predicted molar refractivity (Wildman–Crippen MR) is 70.4 cm³/mol. The Bertz CT molecular complexity index is 458. The van der Waals surface area contributed by atoms with Crippen LogP contribution in [0.15, 0.2) is 33.9 Å². The van der Waals surface area contributed by atoms with Crippen LogP contribution >= 0.6 is 11.8 Å². The summed E-state index contributed by atoms with van der Waals surface area (Å²) in [4.78, 5) is 4.47. The molecule has 0 saturated carbocycles. The molecule has 4 heteroatoms. The number of rotatable bonds is 3. The van der Waals surface area contributed by atoms with Crippen LogP contribution in [-0.4, -0.2) is 23.3 Å². The van der Waals surface area contributed by atoms with E-state index in [-0.39, 0.29) is 0 Å². The molecule has 1 fully saturated rings. The van der Waals surface area contributed by atoms with Crippen LogP contribution in [0.4, 0.5) is 0 Å². The lowest BCUT2D eigenvalue weighted by molar-refractivity contribution is 0.427. The van der Waals surface area contributed by atoms with Gasteiger partial charge in [0.2, 0.25) is 0 Å². The SMILES string of the molecule is c1ccc2oc(SCC3CCCCN3)nc2c1. The molecule has 1 atom stereocenters. The third-order valence-electron chi connectivity index (χ3n) is 3.09. The molecular weight excluding hydrogens is 232 g/mol. The van der Waals surface area contributed by atoms with Crippen molar-refractivity contribution in [1.29, 1.82) is 0 Å². The number of fused-ring (bicyclic) bond motifs is 1. The highest BCUT2D eigenvalue weighted by atomic mass is 32.2. The first kappa shape index (κ1) is 11.1. The van der Waals surface area contributed by atoms with Crippen LogP contribution < -0.4 is 5.32 Å². The maximum absolute atomic E-state index is 5.68. The minimum absolute atomic E-state index is 0.615. The Morgan fingerprint density at radius 2 is 2.29 bits per heavy atom. The molecule has 3 rings (SSSR count). The molecule has 0 bridgehead atoms. The van der Waals surface area contributed by atoms with Gasteiger partial charge in [-0.2, -0.15) is 0 Å². The largest absolute Gasteiger partial charge is 0.431 e. The van der Waals surface area contributed by atoms with Gasteiger partial charge in [0, 0.05) is 11.8 Å². The average Bonchev–Trinajstić information content (AvgIpc) is 2.80. The van der Waals surface area contributed by atoms with Crippen molar-refractivity contribution in [1.82, 2.24) is 10.3 Å². The van der Waals surface area contributed by atoms with Gasteiger partial charge in [-0.05, 0) is 31.5 Å². The van der Waals surface area contributed by atoms with Crippen molar-refractivity contribution in [3.63, 3.8) is 0 Å². The summed E-state index contributed by atoms with van der Waals surface area (Å²) in [6, 6.07) is 8.53. The number of benzene rings is 1. The third kappa shape index (κ3) is 2.64. The predicted octanol–water partition coefficient (Wildman–Crippen LogP) is 3.06. The summed E-state index contributed by atoms with van der Waals surface area (Å²) < 4.78 is 5.68. The zero-order valence-electron chi connectivity index (χ0n) is 9.69. The number of hydrogen-bond acceptors (Lipinski definition) is 4. The lowest BCUT2D eigenvalue weighted by Crippen LogP contribution is -2.35. The van der Waals surface area contributed by atoms with E-state index in [0.29, 0.717) is 6.04 Å². The lowest BCUT2D eigenvalue weighted by atomic mass is 10.1. The van der Waals surface area contributed by atoms with Crippen LogP contribution in [0.25, 0.3) is 11.1 Å². The molecule has 1 aromatic heterocycles. The summed E-state index contributed by atoms with van der Waals surface area (Å²) in [5.74, 6) is 1.05. The van der Waals surface area contributed by atoms with E-state index in [1.54, 1.807) is 11.8 Å². The average molecular weight is 248 g/mol. The molecule has 17 heavy (non-hydrogen) atoms. The van der Waals surface area contributed by atoms with E-state index in [9.17, 15) is 0 Å². The van der Waals surface area contributed by atoms with E-state index in [0.717, 1.165) is 28.6 Å². The molecule has 0 amide bonds. The van der Waals surface area contributed by atoms with Gasteiger partial charge in [0.25, 0.3) is 5.22 Å². The van der Waals surface area contributed by atoms with Crippen molar-refractivity contribution >= 4 is 22.9 Å². The normalized spacial score (nSPS) is 20.8. The molecule has 1 aromatic carbocycles. The van der Waals surface area contributed by atoms with Gasteiger partial charge in [-0.3, -0.25) is 0 Å². The van der Waals surface area contributed by atoms with Crippen molar-refractivity contribution in [2.45, 2.75) is 30.5 Å². The maximum Gasteiger partial charge on any atom is 0.256 e. The van der Waals surface area contributed by atoms with Crippen LogP contribution in [-0.2, 0) is 0 Å². The summed E-state index contributed by atoms with van der Waals surface area (Å²) in [7, 11) is 0. The van der Waals surface area contributed by atoms with E-state index < -0.39 is 0 Å². The van der Waals surface area contributed by atoms with Gasteiger partial charge in [-0.15, -0.1) is 0 Å².